The third-order valence-corrected chi connectivity index (χ3v) is 5.85. The van der Waals surface area contributed by atoms with E-state index < -0.39 is 22.0 Å². The Morgan fingerprint density at radius 2 is 1.59 bits per heavy atom. The average molecular weight is 423 g/mol. The zero-order valence-electron chi connectivity index (χ0n) is 17.1. The zero-order chi connectivity index (χ0) is 21.6. The van der Waals surface area contributed by atoms with Crippen LogP contribution in [0.5, 0.6) is 17.2 Å². The van der Waals surface area contributed by atoms with Gasteiger partial charge in [0, 0.05) is 6.54 Å². The molecule has 0 spiro atoms. The van der Waals surface area contributed by atoms with E-state index in [1.54, 1.807) is 31.2 Å². The number of carbonyl (C=O) groups excluding carboxylic acids is 1. The molecule has 0 fully saturated rings. The summed E-state index contributed by atoms with van der Waals surface area (Å²) in [7, 11) is 0.721. The largest absolute Gasteiger partial charge is 0.496 e. The van der Waals surface area contributed by atoms with Crippen LogP contribution in [0.15, 0.2) is 41.3 Å². The van der Waals surface area contributed by atoms with E-state index in [2.05, 4.69) is 10.0 Å². The first kappa shape index (κ1) is 22.5. The Hall–Kier alpha value is -2.78. The second-order valence-corrected chi connectivity index (χ2v) is 8.10. The highest BCUT2D eigenvalue weighted by molar-refractivity contribution is 7.89. The van der Waals surface area contributed by atoms with Crippen molar-refractivity contribution >= 4 is 15.9 Å². The Labute approximate surface area is 171 Å². The van der Waals surface area contributed by atoms with E-state index in [1.807, 2.05) is 0 Å². The monoisotopic (exact) mass is 422 g/mol. The molecule has 1 amide bonds. The number of ether oxygens (including phenoxy) is 3. The molecule has 2 aromatic rings. The zero-order valence-corrected chi connectivity index (χ0v) is 17.9. The lowest BCUT2D eigenvalue weighted by Crippen LogP contribution is -2.44. The molecule has 0 heterocycles. The van der Waals surface area contributed by atoms with E-state index >= 15 is 0 Å². The quantitative estimate of drug-likeness (QED) is 0.641. The van der Waals surface area contributed by atoms with Gasteiger partial charge in [0.25, 0.3) is 0 Å². The Morgan fingerprint density at radius 3 is 2.17 bits per heavy atom. The van der Waals surface area contributed by atoms with Gasteiger partial charge in [0.15, 0.2) is 11.5 Å². The van der Waals surface area contributed by atoms with Crippen molar-refractivity contribution in [2.45, 2.75) is 31.3 Å². The lowest BCUT2D eigenvalue weighted by Gasteiger charge is -2.16. The maximum atomic E-state index is 12.6. The normalized spacial score (nSPS) is 12.2. The van der Waals surface area contributed by atoms with Crippen LogP contribution < -0.4 is 24.2 Å². The van der Waals surface area contributed by atoms with Crippen LogP contribution >= 0.6 is 0 Å². The molecule has 0 aliphatic rings. The molecule has 0 radical (unpaired) electrons. The van der Waals surface area contributed by atoms with Crippen molar-refractivity contribution in [2.24, 2.45) is 0 Å². The SMILES string of the molecule is COc1ccc(S(=O)(=O)N[C@H](C)C(=O)NCc2ccc(OC)c(OC)c2)cc1C. The predicted octanol–water partition coefficient (Wildman–Crippen LogP) is 2.00. The second kappa shape index (κ2) is 9.62. The summed E-state index contributed by atoms with van der Waals surface area (Å²) in [5.41, 5.74) is 1.47. The minimum Gasteiger partial charge on any atom is -0.496 e. The Bertz CT molecular complexity index is 975. The summed E-state index contributed by atoms with van der Waals surface area (Å²) in [6.45, 7) is 3.45. The minimum atomic E-state index is -3.86. The molecule has 2 rings (SSSR count). The molecular weight excluding hydrogens is 396 g/mol. The summed E-state index contributed by atoms with van der Waals surface area (Å²) in [5.74, 6) is 1.26. The van der Waals surface area contributed by atoms with E-state index in [9.17, 15) is 13.2 Å². The number of aryl methyl sites for hydroxylation is 1. The summed E-state index contributed by atoms with van der Waals surface area (Å²) >= 11 is 0. The van der Waals surface area contributed by atoms with Gasteiger partial charge in [0.05, 0.1) is 32.3 Å². The Balaban J connectivity index is 2.02. The van der Waals surface area contributed by atoms with E-state index in [0.717, 1.165) is 5.56 Å². The van der Waals surface area contributed by atoms with Crippen LogP contribution in [-0.4, -0.2) is 41.7 Å². The first-order valence-electron chi connectivity index (χ1n) is 8.87. The van der Waals surface area contributed by atoms with Crippen molar-refractivity contribution in [3.05, 3.63) is 47.5 Å². The van der Waals surface area contributed by atoms with Gasteiger partial charge in [0.1, 0.15) is 5.75 Å². The van der Waals surface area contributed by atoms with Gasteiger partial charge in [-0.3, -0.25) is 4.79 Å². The van der Waals surface area contributed by atoms with Gasteiger partial charge in [-0.15, -0.1) is 0 Å². The van der Waals surface area contributed by atoms with Crippen LogP contribution in [-0.2, 0) is 21.4 Å². The molecule has 0 saturated heterocycles. The Kier molecular flexibility index (Phi) is 7.46. The number of methoxy groups -OCH3 is 3. The standard InChI is InChI=1S/C20H26N2O6S/c1-13-10-16(7-9-17(13)26-3)29(24,25)22-14(2)20(23)21-12-15-6-8-18(27-4)19(11-15)28-5/h6-11,14,22H,12H2,1-5H3,(H,21,23)/t14-/m1/s1. The first-order valence-corrected chi connectivity index (χ1v) is 10.4. The molecule has 158 valence electrons. The number of hydrogen-bond donors (Lipinski definition) is 2. The van der Waals surface area contributed by atoms with Crippen molar-refractivity contribution < 1.29 is 27.4 Å². The molecule has 0 aliphatic heterocycles. The average Bonchev–Trinajstić information content (AvgIpc) is 2.71. The van der Waals surface area contributed by atoms with Gasteiger partial charge < -0.3 is 19.5 Å². The molecule has 29 heavy (non-hydrogen) atoms. The fourth-order valence-corrected chi connectivity index (χ4v) is 3.99. The van der Waals surface area contributed by atoms with Gasteiger partial charge in [-0.05, 0) is 55.3 Å². The number of nitrogens with one attached hydrogen (secondary N) is 2. The topological polar surface area (TPSA) is 103 Å². The smallest absolute Gasteiger partial charge is 0.241 e. The van der Waals surface area contributed by atoms with Gasteiger partial charge in [-0.25, -0.2) is 8.42 Å². The summed E-state index contributed by atoms with van der Waals surface area (Å²) in [5, 5.41) is 2.71. The highest BCUT2D eigenvalue weighted by atomic mass is 32.2. The van der Waals surface area contributed by atoms with Crippen LogP contribution in [0, 0.1) is 6.92 Å². The summed E-state index contributed by atoms with van der Waals surface area (Å²) in [6, 6.07) is 8.81. The van der Waals surface area contributed by atoms with E-state index in [4.69, 9.17) is 14.2 Å². The van der Waals surface area contributed by atoms with Crippen molar-refractivity contribution in [1.82, 2.24) is 10.0 Å². The molecule has 8 nitrogen and oxygen atoms in total. The van der Waals surface area contributed by atoms with Gasteiger partial charge in [-0.1, -0.05) is 6.07 Å². The highest BCUT2D eigenvalue weighted by Crippen LogP contribution is 2.27. The number of carbonyl (C=O) groups is 1. The van der Waals surface area contributed by atoms with E-state index in [1.165, 1.54) is 40.4 Å². The van der Waals surface area contributed by atoms with Crippen LogP contribution in [0.4, 0.5) is 0 Å². The molecule has 0 unspecified atom stereocenters. The molecule has 9 heteroatoms. The molecule has 2 N–H and O–H groups in total. The lowest BCUT2D eigenvalue weighted by molar-refractivity contribution is -0.122. The van der Waals surface area contributed by atoms with Gasteiger partial charge in [-0.2, -0.15) is 4.72 Å². The van der Waals surface area contributed by atoms with Crippen molar-refractivity contribution in [3.8, 4) is 17.2 Å². The third-order valence-electron chi connectivity index (χ3n) is 4.32. The maximum absolute atomic E-state index is 12.6. The molecular formula is C20H26N2O6S. The summed E-state index contributed by atoms with van der Waals surface area (Å²) < 4.78 is 43.1. The molecule has 0 aliphatic carbocycles. The summed E-state index contributed by atoms with van der Waals surface area (Å²) in [4.78, 5) is 12.4. The number of hydrogen-bond acceptors (Lipinski definition) is 6. The highest BCUT2D eigenvalue weighted by Gasteiger charge is 2.22. The second-order valence-electron chi connectivity index (χ2n) is 6.38. The molecule has 0 saturated carbocycles. The lowest BCUT2D eigenvalue weighted by atomic mass is 10.2. The molecule has 2 aromatic carbocycles. The van der Waals surface area contributed by atoms with Gasteiger partial charge >= 0.3 is 0 Å². The van der Waals surface area contributed by atoms with Crippen molar-refractivity contribution in [2.75, 3.05) is 21.3 Å². The number of sulfonamides is 1. The van der Waals surface area contributed by atoms with Gasteiger partial charge in [0.2, 0.25) is 15.9 Å². The number of benzene rings is 2. The van der Waals surface area contributed by atoms with E-state index in [0.29, 0.717) is 22.8 Å². The van der Waals surface area contributed by atoms with Crippen molar-refractivity contribution in [1.29, 1.82) is 0 Å². The first-order chi connectivity index (χ1) is 13.7. The minimum absolute atomic E-state index is 0.0651. The van der Waals surface area contributed by atoms with Crippen LogP contribution in [0.25, 0.3) is 0 Å². The van der Waals surface area contributed by atoms with E-state index in [-0.39, 0.29) is 11.4 Å². The van der Waals surface area contributed by atoms with Crippen molar-refractivity contribution in [3.63, 3.8) is 0 Å². The number of amides is 1. The fraction of sp³-hybridized carbons (Fsp3) is 0.350. The molecule has 0 bridgehead atoms. The summed E-state index contributed by atoms with van der Waals surface area (Å²) in [6.07, 6.45) is 0. The van der Waals surface area contributed by atoms with Crippen LogP contribution in [0.2, 0.25) is 0 Å². The molecule has 1 atom stereocenters. The maximum Gasteiger partial charge on any atom is 0.241 e. The third kappa shape index (κ3) is 5.61. The number of rotatable bonds is 9. The van der Waals surface area contributed by atoms with Crippen LogP contribution in [0.3, 0.4) is 0 Å². The van der Waals surface area contributed by atoms with Crippen LogP contribution in [0.1, 0.15) is 18.1 Å². The Morgan fingerprint density at radius 1 is 0.966 bits per heavy atom. The molecule has 0 aromatic heterocycles. The predicted molar refractivity (Wildman–Crippen MR) is 109 cm³/mol. The fourth-order valence-electron chi connectivity index (χ4n) is 2.71.